The number of hydrogen-bond donors (Lipinski definition) is 2. The Labute approximate surface area is 151 Å². The highest BCUT2D eigenvalue weighted by Crippen LogP contribution is 2.30. The fourth-order valence-corrected chi connectivity index (χ4v) is 3.02. The van der Waals surface area contributed by atoms with Crippen LogP contribution >= 0.6 is 0 Å². The molecule has 0 fully saturated rings. The molecule has 5 nitrogen and oxygen atoms in total. The second-order valence-electron chi connectivity index (χ2n) is 6.30. The van der Waals surface area contributed by atoms with E-state index in [9.17, 15) is 0 Å². The van der Waals surface area contributed by atoms with Crippen LogP contribution in [0.5, 0.6) is 0 Å². The molecular formula is C21H19N5. The van der Waals surface area contributed by atoms with E-state index in [0.717, 1.165) is 50.4 Å². The molecule has 0 aliphatic rings. The van der Waals surface area contributed by atoms with Gasteiger partial charge in [0.15, 0.2) is 0 Å². The van der Waals surface area contributed by atoms with Crippen molar-refractivity contribution in [2.75, 3.05) is 0 Å². The number of hydrogen-bond acceptors (Lipinski definition) is 3. The maximum atomic E-state index is 4.54. The van der Waals surface area contributed by atoms with Crippen LogP contribution in [0.1, 0.15) is 16.8 Å². The number of pyridine rings is 2. The van der Waals surface area contributed by atoms with Crippen LogP contribution in [0.25, 0.3) is 39.6 Å². The van der Waals surface area contributed by atoms with Gasteiger partial charge >= 0.3 is 0 Å². The van der Waals surface area contributed by atoms with Crippen molar-refractivity contribution in [3.05, 3.63) is 72.3 Å². The molecule has 4 rings (SSSR count). The van der Waals surface area contributed by atoms with Crippen LogP contribution in [0.15, 0.2) is 55.5 Å². The Morgan fingerprint density at radius 1 is 1.08 bits per heavy atom. The minimum absolute atomic E-state index is 0.880. The molecule has 0 atom stereocenters. The van der Waals surface area contributed by atoms with Crippen molar-refractivity contribution in [1.82, 2.24) is 25.1 Å². The molecule has 0 spiro atoms. The highest BCUT2D eigenvalue weighted by molar-refractivity contribution is 5.94. The van der Waals surface area contributed by atoms with Gasteiger partial charge in [-0.15, -0.1) is 0 Å². The summed E-state index contributed by atoms with van der Waals surface area (Å²) in [4.78, 5) is 12.2. The van der Waals surface area contributed by atoms with Gasteiger partial charge in [0.1, 0.15) is 5.69 Å². The Balaban J connectivity index is 1.83. The lowest BCUT2D eigenvalue weighted by Crippen LogP contribution is -1.86. The van der Waals surface area contributed by atoms with Crippen molar-refractivity contribution in [2.24, 2.45) is 0 Å². The molecular weight excluding hydrogens is 322 g/mol. The van der Waals surface area contributed by atoms with Crippen molar-refractivity contribution in [2.45, 2.75) is 13.8 Å². The molecule has 0 amide bonds. The lowest BCUT2D eigenvalue weighted by atomic mass is 10.1. The monoisotopic (exact) mass is 341 g/mol. The first-order valence-corrected chi connectivity index (χ1v) is 8.41. The minimum atomic E-state index is 0.880. The Hall–Kier alpha value is -3.47. The van der Waals surface area contributed by atoms with E-state index in [4.69, 9.17) is 0 Å². The van der Waals surface area contributed by atoms with E-state index in [1.807, 2.05) is 44.6 Å². The lowest BCUT2D eigenvalue weighted by Gasteiger charge is -2.02. The van der Waals surface area contributed by atoms with Crippen molar-refractivity contribution in [3.63, 3.8) is 0 Å². The molecule has 0 aromatic carbocycles. The quantitative estimate of drug-likeness (QED) is 0.522. The van der Waals surface area contributed by atoms with Gasteiger partial charge in [-0.2, -0.15) is 5.10 Å². The van der Waals surface area contributed by atoms with Crippen molar-refractivity contribution in [1.29, 1.82) is 0 Å². The van der Waals surface area contributed by atoms with Crippen LogP contribution in [-0.2, 0) is 0 Å². The van der Waals surface area contributed by atoms with Gasteiger partial charge in [0.2, 0.25) is 0 Å². The number of rotatable bonds is 4. The molecule has 4 heterocycles. The van der Waals surface area contributed by atoms with Gasteiger partial charge in [-0.3, -0.25) is 15.1 Å². The molecule has 5 heteroatoms. The molecule has 0 radical (unpaired) electrons. The van der Waals surface area contributed by atoms with E-state index in [1.54, 1.807) is 6.08 Å². The topological polar surface area (TPSA) is 70.2 Å². The molecule has 0 saturated carbocycles. The summed E-state index contributed by atoms with van der Waals surface area (Å²) in [6.07, 6.45) is 11.2. The first-order chi connectivity index (χ1) is 12.7. The average molecular weight is 341 g/mol. The van der Waals surface area contributed by atoms with Crippen molar-refractivity contribution in [3.8, 4) is 22.6 Å². The number of nitrogens with one attached hydrogen (secondary N) is 2. The summed E-state index contributed by atoms with van der Waals surface area (Å²) in [5, 5.41) is 8.59. The Bertz CT molecular complexity index is 1130. The largest absolute Gasteiger partial charge is 0.357 e. The van der Waals surface area contributed by atoms with Crippen LogP contribution in [0.3, 0.4) is 0 Å². The van der Waals surface area contributed by atoms with Crippen molar-refractivity contribution >= 4 is 17.0 Å². The Morgan fingerprint density at radius 2 is 1.96 bits per heavy atom. The summed E-state index contributed by atoms with van der Waals surface area (Å²) in [7, 11) is 0. The van der Waals surface area contributed by atoms with E-state index in [-0.39, 0.29) is 0 Å². The molecule has 4 aromatic rings. The smallest absolute Gasteiger partial charge is 0.116 e. The Kier molecular flexibility index (Phi) is 3.97. The third-order valence-corrected chi connectivity index (χ3v) is 4.34. The van der Waals surface area contributed by atoms with Crippen LogP contribution in [0, 0.1) is 13.8 Å². The van der Waals surface area contributed by atoms with Gasteiger partial charge in [0, 0.05) is 29.0 Å². The number of aryl methyl sites for hydroxylation is 2. The lowest BCUT2D eigenvalue weighted by molar-refractivity contribution is 1.11. The molecule has 128 valence electrons. The summed E-state index contributed by atoms with van der Waals surface area (Å²) < 4.78 is 0. The third-order valence-electron chi connectivity index (χ3n) is 4.34. The fraction of sp³-hybridized carbons (Fsp3) is 0.0952. The maximum absolute atomic E-state index is 4.54. The van der Waals surface area contributed by atoms with Gasteiger partial charge in [-0.05, 0) is 43.2 Å². The molecule has 0 aliphatic carbocycles. The van der Waals surface area contributed by atoms with Crippen LogP contribution in [0.2, 0.25) is 0 Å². The van der Waals surface area contributed by atoms with Crippen molar-refractivity contribution < 1.29 is 0 Å². The molecule has 0 saturated heterocycles. The van der Waals surface area contributed by atoms with Crippen LogP contribution in [-0.4, -0.2) is 25.1 Å². The number of allylic oxidation sites excluding steroid dienone is 2. The molecule has 0 aliphatic heterocycles. The molecule has 4 aromatic heterocycles. The summed E-state index contributed by atoms with van der Waals surface area (Å²) in [5.41, 5.74) is 7.94. The second-order valence-corrected chi connectivity index (χ2v) is 6.30. The molecule has 0 bridgehead atoms. The van der Waals surface area contributed by atoms with E-state index in [1.165, 1.54) is 0 Å². The van der Waals surface area contributed by atoms with Gasteiger partial charge < -0.3 is 4.98 Å². The normalized spacial score (nSPS) is 11.5. The van der Waals surface area contributed by atoms with Crippen LogP contribution in [0.4, 0.5) is 0 Å². The zero-order chi connectivity index (χ0) is 18.1. The number of fused-ring (bicyclic) bond motifs is 1. The van der Waals surface area contributed by atoms with Gasteiger partial charge in [0.25, 0.3) is 0 Å². The summed E-state index contributed by atoms with van der Waals surface area (Å²) in [5.74, 6) is 0. The van der Waals surface area contributed by atoms with Crippen LogP contribution < -0.4 is 0 Å². The molecule has 2 N–H and O–H groups in total. The predicted octanol–water partition coefficient (Wildman–Crippen LogP) is 4.83. The number of H-pyrrole nitrogens is 2. The number of aromatic amines is 2. The fourth-order valence-electron chi connectivity index (χ4n) is 3.02. The maximum Gasteiger partial charge on any atom is 0.116 e. The first-order valence-electron chi connectivity index (χ1n) is 8.41. The zero-order valence-electron chi connectivity index (χ0n) is 14.7. The highest BCUT2D eigenvalue weighted by Gasteiger charge is 2.13. The minimum Gasteiger partial charge on any atom is -0.357 e. The number of aromatic nitrogens is 5. The van der Waals surface area contributed by atoms with E-state index in [0.29, 0.717) is 0 Å². The third kappa shape index (κ3) is 2.84. The molecule has 26 heavy (non-hydrogen) atoms. The van der Waals surface area contributed by atoms with Gasteiger partial charge in [0.05, 0.1) is 23.1 Å². The van der Waals surface area contributed by atoms with E-state index < -0.39 is 0 Å². The summed E-state index contributed by atoms with van der Waals surface area (Å²) >= 11 is 0. The second kappa shape index (κ2) is 6.44. The SMILES string of the molecule is C=C/C=C\c1cc(-c2n[nH]c3cnc(-c4cncc(C)c4)cc23)[nH]c1C. The summed E-state index contributed by atoms with van der Waals surface area (Å²) in [6.45, 7) is 7.80. The van der Waals surface area contributed by atoms with E-state index >= 15 is 0 Å². The average Bonchev–Trinajstić information content (AvgIpc) is 3.22. The zero-order valence-corrected chi connectivity index (χ0v) is 14.7. The standard InChI is InChI=1S/C21H19N5/c1-4-5-6-15-8-19(24-14(15)3)21-17-9-18(23-12-20(17)25-26-21)16-7-13(2)10-22-11-16/h4-12,24H,1H2,2-3H3,(H,25,26)/b6-5-. The van der Waals surface area contributed by atoms with E-state index in [2.05, 4.69) is 49.9 Å². The van der Waals surface area contributed by atoms with Gasteiger partial charge in [-0.25, -0.2) is 0 Å². The highest BCUT2D eigenvalue weighted by atomic mass is 15.1. The van der Waals surface area contributed by atoms with Gasteiger partial charge in [-0.1, -0.05) is 24.8 Å². The summed E-state index contributed by atoms with van der Waals surface area (Å²) in [6, 6.07) is 6.23. The number of nitrogens with zero attached hydrogens (tertiary/aromatic N) is 3. The first kappa shape index (κ1) is 16.0. The molecule has 0 unspecified atom stereocenters. The predicted molar refractivity (Wildman–Crippen MR) is 106 cm³/mol. The Morgan fingerprint density at radius 3 is 2.77 bits per heavy atom.